The molecule has 1 aliphatic rings. The number of halogens is 1. The lowest BCUT2D eigenvalue weighted by Crippen LogP contribution is -2.45. The van der Waals surface area contributed by atoms with E-state index in [4.69, 9.17) is 11.6 Å². The van der Waals surface area contributed by atoms with Crippen molar-refractivity contribution in [3.05, 3.63) is 64.7 Å². The summed E-state index contributed by atoms with van der Waals surface area (Å²) in [4.78, 5) is 38.4. The molecule has 0 bridgehead atoms. The largest absolute Gasteiger partial charge is 0.325 e. The Balaban J connectivity index is 1.63. The minimum Gasteiger partial charge on any atom is -0.324 e. The summed E-state index contributed by atoms with van der Waals surface area (Å²) < 4.78 is 0. The number of carbonyl (C=O) groups is 3. The first-order chi connectivity index (χ1) is 13.3. The average Bonchev–Trinajstić information content (AvgIpc) is 2.87. The van der Waals surface area contributed by atoms with E-state index in [1.54, 1.807) is 25.1 Å². The average molecular weight is 400 g/mol. The van der Waals surface area contributed by atoms with Gasteiger partial charge in [0.25, 0.3) is 5.91 Å². The number of rotatable bonds is 6. The number of imide groups is 1. The number of nitrogens with one attached hydrogen (secondary N) is 2. The Labute approximate surface area is 168 Å². The summed E-state index contributed by atoms with van der Waals surface area (Å²) in [5.74, 6) is -0.836. The first-order valence-electron chi connectivity index (χ1n) is 9.02. The zero-order chi connectivity index (χ0) is 20.3. The molecular weight excluding hydrogens is 378 g/mol. The van der Waals surface area contributed by atoms with Crippen molar-refractivity contribution < 1.29 is 14.4 Å². The highest BCUT2D eigenvalue weighted by Crippen LogP contribution is 2.24. The fraction of sp³-hybridized carbons (Fsp3) is 0.286. The van der Waals surface area contributed by atoms with Gasteiger partial charge >= 0.3 is 6.03 Å². The van der Waals surface area contributed by atoms with Gasteiger partial charge in [-0.15, -0.1) is 0 Å². The molecule has 1 atom stereocenters. The highest BCUT2D eigenvalue weighted by molar-refractivity contribution is 6.30. The zero-order valence-electron chi connectivity index (χ0n) is 15.8. The Morgan fingerprint density at radius 2 is 1.89 bits per heavy atom. The number of nitrogens with zero attached hydrogens (tertiary/aromatic N) is 1. The van der Waals surface area contributed by atoms with E-state index in [1.165, 1.54) is 0 Å². The lowest BCUT2D eigenvalue weighted by Gasteiger charge is -2.21. The number of amides is 4. The highest BCUT2D eigenvalue weighted by atomic mass is 35.5. The maximum atomic E-state index is 12.8. The smallest absolute Gasteiger partial charge is 0.324 e. The van der Waals surface area contributed by atoms with Crippen LogP contribution in [0.4, 0.5) is 10.5 Å². The molecule has 0 saturated carbocycles. The number of hydrogen-bond donors (Lipinski definition) is 2. The van der Waals surface area contributed by atoms with Crippen LogP contribution in [0.1, 0.15) is 24.5 Å². The summed E-state index contributed by atoms with van der Waals surface area (Å²) in [6.07, 6.45) is 1.10. The number of hydrogen-bond acceptors (Lipinski definition) is 3. The third-order valence-corrected chi connectivity index (χ3v) is 5.10. The molecule has 0 radical (unpaired) electrons. The molecule has 2 N–H and O–H groups in total. The summed E-state index contributed by atoms with van der Waals surface area (Å²) in [5, 5.41) is 6.02. The molecule has 3 rings (SSSR count). The van der Waals surface area contributed by atoms with Crippen molar-refractivity contribution in [1.82, 2.24) is 10.2 Å². The number of carbonyl (C=O) groups excluding carboxylic acids is 3. The third-order valence-electron chi connectivity index (χ3n) is 4.87. The van der Waals surface area contributed by atoms with Crippen LogP contribution in [-0.4, -0.2) is 34.8 Å². The fourth-order valence-corrected chi connectivity index (χ4v) is 3.43. The van der Waals surface area contributed by atoms with Crippen LogP contribution in [0.2, 0.25) is 5.02 Å². The van der Waals surface area contributed by atoms with E-state index in [0.717, 1.165) is 16.0 Å². The molecular formula is C21H22ClN3O3. The number of aryl methyl sites for hydroxylation is 2. The predicted octanol–water partition coefficient (Wildman–Crippen LogP) is 3.53. The molecule has 1 saturated heterocycles. The SMILES string of the molecule is Cc1cc(Cl)ccc1NC(=O)CN1C(=O)N[C@](C)(CCc2ccccc2)C1=O. The minimum atomic E-state index is -1.02. The maximum absolute atomic E-state index is 12.8. The van der Waals surface area contributed by atoms with Gasteiger partial charge < -0.3 is 10.6 Å². The van der Waals surface area contributed by atoms with Crippen molar-refractivity contribution in [2.45, 2.75) is 32.2 Å². The Bertz CT molecular complexity index is 916. The van der Waals surface area contributed by atoms with Crippen LogP contribution >= 0.6 is 11.6 Å². The third kappa shape index (κ3) is 4.34. The van der Waals surface area contributed by atoms with Crippen LogP contribution in [0.3, 0.4) is 0 Å². The highest BCUT2D eigenvalue weighted by Gasteiger charge is 2.47. The predicted molar refractivity (Wildman–Crippen MR) is 108 cm³/mol. The van der Waals surface area contributed by atoms with Gasteiger partial charge in [0.15, 0.2) is 0 Å². The molecule has 4 amide bonds. The normalized spacial score (nSPS) is 18.9. The van der Waals surface area contributed by atoms with Crippen molar-refractivity contribution in [2.75, 3.05) is 11.9 Å². The van der Waals surface area contributed by atoms with Gasteiger partial charge in [-0.1, -0.05) is 41.9 Å². The molecule has 2 aromatic rings. The Morgan fingerprint density at radius 1 is 1.18 bits per heavy atom. The van der Waals surface area contributed by atoms with Gasteiger partial charge in [0.2, 0.25) is 5.91 Å². The standard InChI is InChI=1S/C21H22ClN3O3/c1-14-12-16(22)8-9-17(14)23-18(26)13-25-19(27)21(2,24-20(25)28)11-10-15-6-4-3-5-7-15/h3-9,12H,10-11,13H2,1-2H3,(H,23,26)(H,24,28)/t21-/m1/s1. The number of benzene rings is 2. The molecule has 1 heterocycles. The zero-order valence-corrected chi connectivity index (χ0v) is 16.5. The monoisotopic (exact) mass is 399 g/mol. The van der Waals surface area contributed by atoms with Crippen LogP contribution in [0.15, 0.2) is 48.5 Å². The second-order valence-electron chi connectivity index (χ2n) is 7.15. The topological polar surface area (TPSA) is 78.5 Å². The molecule has 1 aliphatic heterocycles. The Morgan fingerprint density at radius 3 is 2.57 bits per heavy atom. The van der Waals surface area contributed by atoms with E-state index < -0.39 is 23.4 Å². The lowest BCUT2D eigenvalue weighted by molar-refractivity contribution is -0.133. The quantitative estimate of drug-likeness (QED) is 0.729. The molecule has 2 aromatic carbocycles. The van der Waals surface area contributed by atoms with Crippen LogP contribution in [-0.2, 0) is 16.0 Å². The summed E-state index contributed by atoms with van der Waals surface area (Å²) in [6, 6.07) is 14.3. The van der Waals surface area contributed by atoms with Gasteiger partial charge in [0.1, 0.15) is 12.1 Å². The van der Waals surface area contributed by atoms with Crippen molar-refractivity contribution in [2.24, 2.45) is 0 Å². The van der Waals surface area contributed by atoms with E-state index in [1.807, 2.05) is 37.3 Å². The van der Waals surface area contributed by atoms with Crippen molar-refractivity contribution in [3.63, 3.8) is 0 Å². The maximum Gasteiger partial charge on any atom is 0.325 e. The molecule has 146 valence electrons. The Kier molecular flexibility index (Phi) is 5.70. The second kappa shape index (κ2) is 8.02. The van der Waals surface area contributed by atoms with Crippen LogP contribution in [0.5, 0.6) is 0 Å². The molecule has 7 heteroatoms. The molecule has 28 heavy (non-hydrogen) atoms. The van der Waals surface area contributed by atoms with Gasteiger partial charge in [-0.3, -0.25) is 14.5 Å². The van der Waals surface area contributed by atoms with E-state index in [9.17, 15) is 14.4 Å². The first kappa shape index (κ1) is 19.9. The Hall–Kier alpha value is -2.86. The van der Waals surface area contributed by atoms with Crippen LogP contribution in [0.25, 0.3) is 0 Å². The van der Waals surface area contributed by atoms with Gasteiger partial charge in [-0.05, 0) is 56.0 Å². The first-order valence-corrected chi connectivity index (χ1v) is 9.40. The van der Waals surface area contributed by atoms with Gasteiger partial charge in [0, 0.05) is 10.7 Å². The summed E-state index contributed by atoms with van der Waals surface area (Å²) in [5.41, 5.74) is 1.45. The van der Waals surface area contributed by atoms with Gasteiger partial charge in [0.05, 0.1) is 0 Å². The molecule has 6 nitrogen and oxygen atoms in total. The fourth-order valence-electron chi connectivity index (χ4n) is 3.20. The summed E-state index contributed by atoms with van der Waals surface area (Å²) >= 11 is 5.92. The van der Waals surface area contributed by atoms with E-state index in [0.29, 0.717) is 23.6 Å². The lowest BCUT2D eigenvalue weighted by atomic mass is 9.93. The van der Waals surface area contributed by atoms with Crippen molar-refractivity contribution in [3.8, 4) is 0 Å². The van der Waals surface area contributed by atoms with Crippen molar-refractivity contribution in [1.29, 1.82) is 0 Å². The van der Waals surface area contributed by atoms with Crippen molar-refractivity contribution >= 4 is 35.1 Å². The van der Waals surface area contributed by atoms with Crippen LogP contribution < -0.4 is 10.6 Å². The van der Waals surface area contributed by atoms with Gasteiger partial charge in [-0.2, -0.15) is 0 Å². The van der Waals surface area contributed by atoms with E-state index in [2.05, 4.69) is 10.6 Å². The van der Waals surface area contributed by atoms with E-state index >= 15 is 0 Å². The molecule has 0 aliphatic carbocycles. The molecule has 0 spiro atoms. The summed E-state index contributed by atoms with van der Waals surface area (Å²) in [7, 11) is 0. The summed E-state index contributed by atoms with van der Waals surface area (Å²) in [6.45, 7) is 3.17. The molecule has 0 unspecified atom stereocenters. The second-order valence-corrected chi connectivity index (χ2v) is 7.58. The molecule has 0 aromatic heterocycles. The minimum absolute atomic E-state index is 0.340. The van der Waals surface area contributed by atoms with Gasteiger partial charge in [-0.25, -0.2) is 4.79 Å². The molecule has 1 fully saturated rings. The number of urea groups is 1. The van der Waals surface area contributed by atoms with Crippen LogP contribution in [0, 0.1) is 6.92 Å². The van der Waals surface area contributed by atoms with E-state index in [-0.39, 0.29) is 6.54 Å². The number of anilines is 1.